The number of rotatable bonds is 4. The van der Waals surface area contributed by atoms with Gasteiger partial charge in [0.1, 0.15) is 0 Å². The van der Waals surface area contributed by atoms with Gasteiger partial charge in [-0.15, -0.1) is 0 Å². The third kappa shape index (κ3) is 3.80. The van der Waals surface area contributed by atoms with Crippen molar-refractivity contribution < 1.29 is 14.3 Å². The van der Waals surface area contributed by atoms with Crippen LogP contribution in [0, 0.1) is 0 Å². The second-order valence-electron chi connectivity index (χ2n) is 4.03. The molecule has 0 spiro atoms. The number of carbonyl (C=O) groups excluding carboxylic acids is 1. The highest BCUT2D eigenvalue weighted by Gasteiger charge is 2.25. The van der Waals surface area contributed by atoms with Crippen LogP contribution in [0.1, 0.15) is 26.7 Å². The fraction of sp³-hybridized carbons (Fsp3) is 0.909. The van der Waals surface area contributed by atoms with E-state index in [0.717, 1.165) is 19.5 Å². The Kier molecular flexibility index (Phi) is 5.05. The van der Waals surface area contributed by atoms with Crippen molar-refractivity contribution in [3.63, 3.8) is 0 Å². The molecule has 1 saturated heterocycles. The number of hydrogen-bond acceptors (Lipinski definition) is 4. The van der Waals surface area contributed by atoms with Crippen molar-refractivity contribution in [3.8, 4) is 0 Å². The molecule has 1 aliphatic rings. The zero-order chi connectivity index (χ0) is 11.3. The highest BCUT2D eigenvalue weighted by molar-refractivity contribution is 5.69. The maximum absolute atomic E-state index is 11.1. The quantitative estimate of drug-likeness (QED) is 0.657. The topological polar surface area (TPSA) is 38.8 Å². The molecule has 0 bridgehead atoms. The summed E-state index contributed by atoms with van der Waals surface area (Å²) >= 11 is 0. The Labute approximate surface area is 91.5 Å². The molecule has 88 valence electrons. The number of hydrogen-bond donors (Lipinski definition) is 0. The molecule has 15 heavy (non-hydrogen) atoms. The Morgan fingerprint density at radius 3 is 3.00 bits per heavy atom. The van der Waals surface area contributed by atoms with Gasteiger partial charge in [-0.25, -0.2) is 0 Å². The minimum Gasteiger partial charge on any atom is -0.469 e. The Morgan fingerprint density at radius 1 is 1.67 bits per heavy atom. The molecule has 2 unspecified atom stereocenters. The summed E-state index contributed by atoms with van der Waals surface area (Å²) in [7, 11) is 1.41. The van der Waals surface area contributed by atoms with Crippen molar-refractivity contribution >= 4 is 5.97 Å². The van der Waals surface area contributed by atoms with Crippen LogP contribution < -0.4 is 0 Å². The lowest BCUT2D eigenvalue weighted by molar-refractivity contribution is -0.146. The Balaban J connectivity index is 2.38. The van der Waals surface area contributed by atoms with Crippen LogP contribution >= 0.6 is 0 Å². The van der Waals surface area contributed by atoms with Gasteiger partial charge in [0.25, 0.3) is 0 Å². The number of esters is 1. The van der Waals surface area contributed by atoms with E-state index in [2.05, 4.69) is 23.5 Å². The maximum atomic E-state index is 11.1. The molecule has 1 aliphatic heterocycles. The number of carbonyl (C=O) groups is 1. The van der Waals surface area contributed by atoms with Gasteiger partial charge >= 0.3 is 5.97 Å². The van der Waals surface area contributed by atoms with Gasteiger partial charge in [-0.3, -0.25) is 9.69 Å². The van der Waals surface area contributed by atoms with Crippen molar-refractivity contribution in [3.05, 3.63) is 0 Å². The predicted octanol–water partition coefficient (Wildman–Crippen LogP) is 1.05. The molecule has 4 heteroatoms. The van der Waals surface area contributed by atoms with E-state index in [4.69, 9.17) is 4.74 Å². The summed E-state index contributed by atoms with van der Waals surface area (Å²) in [6, 6.07) is 0.564. The first-order valence-corrected chi connectivity index (χ1v) is 5.59. The fourth-order valence-corrected chi connectivity index (χ4v) is 1.79. The number of ether oxygens (including phenoxy) is 2. The molecule has 4 nitrogen and oxygen atoms in total. The minimum absolute atomic E-state index is 0.000185. The molecule has 0 radical (unpaired) electrons. The lowest BCUT2D eigenvalue weighted by atomic mass is 10.1. The van der Waals surface area contributed by atoms with E-state index < -0.39 is 0 Å². The summed E-state index contributed by atoms with van der Waals surface area (Å²) in [4.78, 5) is 13.5. The highest BCUT2D eigenvalue weighted by atomic mass is 16.5. The molecule has 0 amide bonds. The molecule has 0 saturated carbocycles. The van der Waals surface area contributed by atoms with Crippen molar-refractivity contribution in [2.45, 2.75) is 38.8 Å². The minimum atomic E-state index is -0.189. The molecule has 0 aromatic carbocycles. The molecular weight excluding hydrogens is 194 g/mol. The first-order chi connectivity index (χ1) is 7.17. The van der Waals surface area contributed by atoms with E-state index in [1.54, 1.807) is 0 Å². The van der Waals surface area contributed by atoms with E-state index in [-0.39, 0.29) is 12.1 Å². The van der Waals surface area contributed by atoms with Crippen molar-refractivity contribution in [1.29, 1.82) is 0 Å². The van der Waals surface area contributed by atoms with E-state index in [1.807, 2.05) is 0 Å². The molecular formula is C11H21NO3. The van der Waals surface area contributed by atoms with Crippen LogP contribution in [-0.2, 0) is 14.3 Å². The normalized spacial score (nSPS) is 24.9. The van der Waals surface area contributed by atoms with Crippen LogP contribution in [0.25, 0.3) is 0 Å². The second-order valence-corrected chi connectivity index (χ2v) is 4.03. The lowest BCUT2D eigenvalue weighted by Gasteiger charge is -2.36. The van der Waals surface area contributed by atoms with Gasteiger partial charge in [0.15, 0.2) is 0 Å². The molecule has 0 aliphatic carbocycles. The summed E-state index contributed by atoms with van der Waals surface area (Å²) in [6.07, 6.45) is 1.49. The molecule has 1 fully saturated rings. The average Bonchev–Trinajstić information content (AvgIpc) is 2.28. The van der Waals surface area contributed by atoms with Gasteiger partial charge in [-0.05, 0) is 13.3 Å². The molecule has 1 heterocycles. The summed E-state index contributed by atoms with van der Waals surface area (Å²) in [5, 5.41) is 0. The van der Waals surface area contributed by atoms with E-state index in [9.17, 15) is 4.79 Å². The van der Waals surface area contributed by atoms with Crippen LogP contribution in [0.3, 0.4) is 0 Å². The molecule has 0 N–H and O–H groups in total. The molecule has 1 rings (SSSR count). The van der Waals surface area contributed by atoms with Gasteiger partial charge in [-0.1, -0.05) is 6.92 Å². The van der Waals surface area contributed by atoms with Crippen LogP contribution in [0.5, 0.6) is 0 Å². The van der Waals surface area contributed by atoms with Gasteiger partial charge in [-0.2, -0.15) is 0 Å². The van der Waals surface area contributed by atoms with Crippen molar-refractivity contribution in [2.75, 3.05) is 26.8 Å². The zero-order valence-electron chi connectivity index (χ0n) is 9.86. The summed E-state index contributed by atoms with van der Waals surface area (Å²) in [5.74, 6) is -0.189. The van der Waals surface area contributed by atoms with Gasteiger partial charge < -0.3 is 9.47 Å². The smallest absolute Gasteiger partial charge is 0.308 e. The molecule has 0 aromatic heterocycles. The average molecular weight is 215 g/mol. The summed E-state index contributed by atoms with van der Waals surface area (Å²) in [5.41, 5.74) is 0. The number of morpholine rings is 1. The Bertz CT molecular complexity index is 208. The van der Waals surface area contributed by atoms with Crippen LogP contribution in [0.15, 0.2) is 0 Å². The Morgan fingerprint density at radius 2 is 2.40 bits per heavy atom. The Hall–Kier alpha value is -0.610. The fourth-order valence-electron chi connectivity index (χ4n) is 1.79. The van der Waals surface area contributed by atoms with Gasteiger partial charge in [0, 0.05) is 19.1 Å². The maximum Gasteiger partial charge on any atom is 0.308 e. The van der Waals surface area contributed by atoms with Gasteiger partial charge in [0.05, 0.1) is 26.2 Å². The summed E-state index contributed by atoms with van der Waals surface area (Å²) < 4.78 is 10.2. The van der Waals surface area contributed by atoms with Crippen LogP contribution in [-0.4, -0.2) is 49.8 Å². The third-order valence-electron chi connectivity index (χ3n) is 3.01. The first-order valence-electron chi connectivity index (χ1n) is 5.59. The molecule has 0 aromatic rings. The monoisotopic (exact) mass is 215 g/mol. The largest absolute Gasteiger partial charge is 0.469 e. The van der Waals surface area contributed by atoms with E-state index in [1.165, 1.54) is 7.11 Å². The third-order valence-corrected chi connectivity index (χ3v) is 3.01. The highest BCUT2D eigenvalue weighted by Crippen LogP contribution is 2.13. The number of nitrogens with zero attached hydrogens (tertiary/aromatic N) is 1. The zero-order valence-corrected chi connectivity index (χ0v) is 9.86. The van der Waals surface area contributed by atoms with Crippen molar-refractivity contribution in [2.24, 2.45) is 0 Å². The van der Waals surface area contributed by atoms with Crippen molar-refractivity contribution in [1.82, 2.24) is 4.90 Å². The van der Waals surface area contributed by atoms with Crippen LogP contribution in [0.2, 0.25) is 0 Å². The lowest BCUT2D eigenvalue weighted by Crippen LogP contribution is -2.47. The SMILES string of the molecule is CCC(C)N1CCOC(CC(=O)OC)C1. The standard InChI is InChI=1S/C11H21NO3/c1-4-9(2)12-5-6-15-10(8-12)7-11(13)14-3/h9-10H,4-8H2,1-3H3. The second kappa shape index (κ2) is 6.08. The first kappa shape index (κ1) is 12.5. The summed E-state index contributed by atoms with van der Waals surface area (Å²) in [6.45, 7) is 6.90. The van der Waals surface area contributed by atoms with Crippen LogP contribution in [0.4, 0.5) is 0 Å². The number of methoxy groups -OCH3 is 1. The molecule has 2 atom stereocenters. The predicted molar refractivity (Wildman–Crippen MR) is 57.7 cm³/mol. The van der Waals surface area contributed by atoms with Gasteiger partial charge in [0.2, 0.25) is 0 Å². The van der Waals surface area contributed by atoms with E-state index in [0.29, 0.717) is 19.1 Å². The van der Waals surface area contributed by atoms with E-state index >= 15 is 0 Å².